The third-order valence-corrected chi connectivity index (χ3v) is 4.55. The normalized spacial score (nSPS) is 18.2. The molecular weight excluding hydrogens is 388 g/mol. The third kappa shape index (κ3) is 4.68. The van der Waals surface area contributed by atoms with Crippen molar-refractivity contribution in [1.29, 1.82) is 0 Å². The van der Waals surface area contributed by atoms with E-state index in [0.717, 1.165) is 10.0 Å². The molecule has 0 aliphatic carbocycles. The third-order valence-electron chi connectivity index (χ3n) is 3.55. The highest BCUT2D eigenvalue weighted by molar-refractivity contribution is 9.10. The van der Waals surface area contributed by atoms with Crippen molar-refractivity contribution in [3.63, 3.8) is 0 Å². The molecule has 2 rings (SSSR count). The summed E-state index contributed by atoms with van der Waals surface area (Å²) in [5.41, 5.74) is 0.767. The smallest absolute Gasteiger partial charge is 0.328 e. The largest absolute Gasteiger partial charge is 0.467 e. The molecule has 1 saturated heterocycles. The van der Waals surface area contributed by atoms with E-state index in [1.165, 1.54) is 7.11 Å². The number of halogens is 2. The summed E-state index contributed by atoms with van der Waals surface area (Å²) in [4.78, 5) is 35.4. The van der Waals surface area contributed by atoms with Crippen LogP contribution in [0.3, 0.4) is 0 Å². The molecule has 2 N–H and O–H groups in total. The molecule has 1 aliphatic heterocycles. The van der Waals surface area contributed by atoms with Gasteiger partial charge in [0.05, 0.1) is 7.11 Å². The van der Waals surface area contributed by atoms with Crippen molar-refractivity contribution in [2.45, 2.75) is 31.3 Å². The van der Waals surface area contributed by atoms with Gasteiger partial charge in [-0.25, -0.2) is 4.79 Å². The maximum absolute atomic E-state index is 12.2. The minimum atomic E-state index is -0.861. The molecule has 1 fully saturated rings. The molecule has 0 aromatic heterocycles. The highest BCUT2D eigenvalue weighted by Gasteiger charge is 2.31. The summed E-state index contributed by atoms with van der Waals surface area (Å²) in [6.45, 7) is 0. The van der Waals surface area contributed by atoms with Gasteiger partial charge in [-0.15, -0.1) is 0 Å². The van der Waals surface area contributed by atoms with Gasteiger partial charge >= 0.3 is 5.97 Å². The van der Waals surface area contributed by atoms with Crippen molar-refractivity contribution < 1.29 is 19.1 Å². The Kier molecular flexibility index (Phi) is 6.01. The van der Waals surface area contributed by atoms with Gasteiger partial charge in [0.2, 0.25) is 11.8 Å². The summed E-state index contributed by atoms with van der Waals surface area (Å²) in [5.74, 6) is -1.13. The monoisotopic (exact) mass is 402 g/mol. The highest BCUT2D eigenvalue weighted by Crippen LogP contribution is 2.22. The SMILES string of the molecule is COC(=O)[C@@H](Cc1cc(Cl)ccc1Br)NC(=O)[C@H]1CCC(=O)N1. The Morgan fingerprint density at radius 3 is 2.87 bits per heavy atom. The second-order valence-electron chi connectivity index (χ2n) is 5.18. The maximum atomic E-state index is 12.2. The van der Waals surface area contributed by atoms with Gasteiger partial charge in [0.1, 0.15) is 12.1 Å². The number of carbonyl (C=O) groups is 3. The Morgan fingerprint density at radius 1 is 1.52 bits per heavy atom. The van der Waals surface area contributed by atoms with Crippen LogP contribution in [0.1, 0.15) is 18.4 Å². The summed E-state index contributed by atoms with van der Waals surface area (Å²) >= 11 is 9.36. The number of nitrogens with one attached hydrogen (secondary N) is 2. The summed E-state index contributed by atoms with van der Waals surface area (Å²) in [6, 6.07) is 3.72. The molecule has 0 unspecified atom stereocenters. The highest BCUT2D eigenvalue weighted by atomic mass is 79.9. The van der Waals surface area contributed by atoms with E-state index >= 15 is 0 Å². The molecule has 8 heteroatoms. The van der Waals surface area contributed by atoms with Gasteiger partial charge in [0.15, 0.2) is 0 Å². The van der Waals surface area contributed by atoms with Crippen LogP contribution < -0.4 is 10.6 Å². The molecule has 0 radical (unpaired) electrons. The van der Waals surface area contributed by atoms with Crippen molar-refractivity contribution in [3.8, 4) is 0 Å². The number of esters is 1. The van der Waals surface area contributed by atoms with Crippen LogP contribution >= 0.6 is 27.5 Å². The lowest BCUT2D eigenvalue weighted by atomic mass is 10.1. The average Bonchev–Trinajstić information content (AvgIpc) is 2.96. The fourth-order valence-corrected chi connectivity index (χ4v) is 2.94. The summed E-state index contributed by atoms with van der Waals surface area (Å²) in [6.07, 6.45) is 0.945. The number of benzene rings is 1. The van der Waals surface area contributed by atoms with Crippen LogP contribution in [0.5, 0.6) is 0 Å². The Morgan fingerprint density at radius 2 is 2.26 bits per heavy atom. The standard InChI is InChI=1S/C15H16BrClN2O4/c1-23-15(22)12(7-8-6-9(17)2-3-10(8)16)19-14(21)11-4-5-13(20)18-11/h2-3,6,11-12H,4-5,7H2,1H3,(H,18,20)(H,19,21)/t11-,12-/m1/s1. The topological polar surface area (TPSA) is 84.5 Å². The number of methoxy groups -OCH3 is 1. The van der Waals surface area contributed by atoms with Gasteiger partial charge in [-0.05, 0) is 30.2 Å². The quantitative estimate of drug-likeness (QED) is 0.731. The molecular formula is C15H16BrClN2O4. The van der Waals surface area contributed by atoms with Crippen LogP contribution in [-0.2, 0) is 25.5 Å². The zero-order chi connectivity index (χ0) is 17.0. The number of hydrogen-bond acceptors (Lipinski definition) is 4. The first-order chi connectivity index (χ1) is 10.9. The Labute approximate surface area is 147 Å². The van der Waals surface area contributed by atoms with E-state index in [9.17, 15) is 14.4 Å². The molecule has 1 heterocycles. The van der Waals surface area contributed by atoms with Crippen LogP contribution in [0.2, 0.25) is 5.02 Å². The molecule has 124 valence electrons. The zero-order valence-electron chi connectivity index (χ0n) is 12.4. The van der Waals surface area contributed by atoms with Crippen molar-refractivity contribution in [2.24, 2.45) is 0 Å². The maximum Gasteiger partial charge on any atom is 0.328 e. The molecule has 2 amide bonds. The number of ether oxygens (including phenoxy) is 1. The van der Waals surface area contributed by atoms with E-state index < -0.39 is 24.0 Å². The molecule has 1 aromatic rings. The van der Waals surface area contributed by atoms with E-state index in [1.807, 2.05) is 0 Å². The molecule has 6 nitrogen and oxygen atoms in total. The van der Waals surface area contributed by atoms with E-state index in [4.69, 9.17) is 16.3 Å². The number of amides is 2. The fraction of sp³-hybridized carbons (Fsp3) is 0.400. The fourth-order valence-electron chi connectivity index (χ4n) is 2.34. The van der Waals surface area contributed by atoms with Crippen LogP contribution in [-0.4, -0.2) is 37.0 Å². The Bertz CT molecular complexity index is 638. The Balaban J connectivity index is 2.11. The first-order valence-corrected chi connectivity index (χ1v) is 8.19. The minimum absolute atomic E-state index is 0.169. The second-order valence-corrected chi connectivity index (χ2v) is 6.47. The molecule has 0 bridgehead atoms. The molecule has 0 saturated carbocycles. The van der Waals surface area contributed by atoms with E-state index in [2.05, 4.69) is 26.6 Å². The van der Waals surface area contributed by atoms with E-state index in [0.29, 0.717) is 17.9 Å². The zero-order valence-corrected chi connectivity index (χ0v) is 14.7. The molecule has 0 spiro atoms. The first-order valence-electron chi connectivity index (χ1n) is 7.02. The number of carbonyl (C=O) groups excluding carboxylic acids is 3. The van der Waals surface area contributed by atoms with Gasteiger partial charge in [-0.3, -0.25) is 9.59 Å². The average molecular weight is 404 g/mol. The van der Waals surface area contributed by atoms with Gasteiger partial charge in [-0.1, -0.05) is 27.5 Å². The minimum Gasteiger partial charge on any atom is -0.467 e. The second kappa shape index (κ2) is 7.79. The number of hydrogen-bond donors (Lipinski definition) is 2. The predicted molar refractivity (Wildman–Crippen MR) is 88.0 cm³/mol. The van der Waals surface area contributed by atoms with E-state index in [1.54, 1.807) is 18.2 Å². The lowest BCUT2D eigenvalue weighted by Gasteiger charge is -2.19. The summed E-state index contributed by atoms with van der Waals surface area (Å²) in [5, 5.41) is 5.73. The van der Waals surface area contributed by atoms with Crippen LogP contribution in [0, 0.1) is 0 Å². The van der Waals surface area contributed by atoms with Gasteiger partial charge < -0.3 is 15.4 Å². The molecule has 23 heavy (non-hydrogen) atoms. The predicted octanol–water partition coefficient (Wildman–Crippen LogP) is 1.58. The van der Waals surface area contributed by atoms with Gasteiger partial charge in [-0.2, -0.15) is 0 Å². The summed E-state index contributed by atoms with van der Waals surface area (Å²) in [7, 11) is 1.26. The lowest BCUT2D eigenvalue weighted by molar-refractivity contribution is -0.145. The lowest BCUT2D eigenvalue weighted by Crippen LogP contribution is -2.50. The van der Waals surface area contributed by atoms with Crippen LogP contribution in [0.15, 0.2) is 22.7 Å². The molecule has 2 atom stereocenters. The van der Waals surface area contributed by atoms with Crippen molar-refractivity contribution in [2.75, 3.05) is 7.11 Å². The van der Waals surface area contributed by atoms with Crippen LogP contribution in [0.4, 0.5) is 0 Å². The van der Waals surface area contributed by atoms with Crippen LogP contribution in [0.25, 0.3) is 0 Å². The van der Waals surface area contributed by atoms with Crippen molar-refractivity contribution in [1.82, 2.24) is 10.6 Å². The number of rotatable bonds is 5. The molecule has 1 aromatic carbocycles. The van der Waals surface area contributed by atoms with Crippen molar-refractivity contribution >= 4 is 45.3 Å². The van der Waals surface area contributed by atoms with Gasteiger partial charge in [0.25, 0.3) is 0 Å². The van der Waals surface area contributed by atoms with E-state index in [-0.39, 0.29) is 12.3 Å². The van der Waals surface area contributed by atoms with Gasteiger partial charge in [0, 0.05) is 22.3 Å². The summed E-state index contributed by atoms with van der Waals surface area (Å²) < 4.78 is 5.53. The van der Waals surface area contributed by atoms with Crippen molar-refractivity contribution in [3.05, 3.63) is 33.3 Å². The first kappa shape index (κ1) is 17.7. The molecule has 1 aliphatic rings. The Hall–Kier alpha value is -1.60.